The van der Waals surface area contributed by atoms with Crippen LogP contribution >= 0.6 is 0 Å². The molecule has 0 amide bonds. The molecule has 5 aromatic rings. The van der Waals surface area contributed by atoms with Crippen LogP contribution in [0.3, 0.4) is 0 Å². The van der Waals surface area contributed by atoms with Gasteiger partial charge in [0.2, 0.25) is 0 Å². The van der Waals surface area contributed by atoms with E-state index in [1.165, 1.54) is 191 Å². The number of nitrogens with one attached hydrogen (secondary N) is 1. The second-order valence-corrected chi connectivity index (χ2v) is 21.3. The number of halogens is 20. The first-order valence-electron chi connectivity index (χ1n) is 28.6. The van der Waals surface area contributed by atoms with E-state index in [2.05, 4.69) is 45.2 Å². The lowest BCUT2D eigenvalue weighted by molar-refractivity contribution is -0.810. The van der Waals surface area contributed by atoms with Crippen molar-refractivity contribution in [3.63, 3.8) is 0 Å². The van der Waals surface area contributed by atoms with Gasteiger partial charge in [-0.25, -0.2) is 87.8 Å². The topological polar surface area (TPSA) is 4.44 Å². The fraction of sp³-hybridized carbons (Fsp3) is 0.508. The molecule has 1 unspecified atom stereocenters. The van der Waals surface area contributed by atoms with Crippen LogP contribution in [0.5, 0.6) is 0 Å². The molecule has 0 spiro atoms. The smallest absolute Gasteiger partial charge is 0.200 e. The van der Waals surface area contributed by atoms with E-state index in [1.54, 1.807) is 4.90 Å². The van der Waals surface area contributed by atoms with Crippen LogP contribution < -0.4 is 26.8 Å². The van der Waals surface area contributed by atoms with Crippen molar-refractivity contribution in [2.24, 2.45) is 0 Å². The number of hydrogen-bond donors (Lipinski definition) is 1. The van der Waals surface area contributed by atoms with Crippen molar-refractivity contribution in [2.75, 3.05) is 13.6 Å². The van der Waals surface area contributed by atoms with E-state index in [1.807, 2.05) is 0 Å². The molecule has 1 nitrogen and oxygen atoms in total. The molecule has 0 radical (unpaired) electrons. The number of quaternary nitrogens is 1. The summed E-state index contributed by atoms with van der Waals surface area (Å²) in [6, 6.07) is 9.54. The highest BCUT2D eigenvalue weighted by molar-refractivity contribution is 7.20. The summed E-state index contributed by atoms with van der Waals surface area (Å²) in [6.45, 7) is 5.88. The normalized spacial score (nSPS) is 12.1. The molecule has 5 aromatic carbocycles. The summed E-state index contributed by atoms with van der Waals surface area (Å²) in [5.74, 6) is -71.4. The van der Waals surface area contributed by atoms with E-state index in [-0.39, 0.29) is 0 Å². The highest BCUT2D eigenvalue weighted by atomic mass is 19.2. The van der Waals surface area contributed by atoms with Crippen LogP contribution in [0.25, 0.3) is 0 Å². The van der Waals surface area contributed by atoms with Crippen LogP contribution in [0.2, 0.25) is 0 Å². The molecule has 0 fully saturated rings. The van der Waals surface area contributed by atoms with Gasteiger partial charge in [0, 0.05) is 0 Å². The van der Waals surface area contributed by atoms with Gasteiger partial charge in [-0.3, -0.25) is 0 Å². The van der Waals surface area contributed by atoms with Crippen molar-refractivity contribution in [3.8, 4) is 0 Å². The van der Waals surface area contributed by atoms with Gasteiger partial charge < -0.3 is 4.90 Å². The molecular weight excluding hydrogens is 1140 g/mol. The quantitative estimate of drug-likeness (QED) is 0.0140. The molecule has 0 aliphatic carbocycles. The first kappa shape index (κ1) is 70.2. The summed E-state index contributed by atoms with van der Waals surface area (Å²) in [4.78, 5) is 1.58. The molecule has 1 N–H and O–H groups in total. The maximum absolute atomic E-state index is 15.4. The Labute approximate surface area is 472 Å². The minimum absolute atomic E-state index is 1.26. The van der Waals surface area contributed by atoms with Crippen molar-refractivity contribution in [1.82, 2.24) is 0 Å². The Morgan fingerprint density at radius 1 is 0.253 bits per heavy atom. The maximum atomic E-state index is 15.4. The molecule has 0 saturated heterocycles. The third kappa shape index (κ3) is 17.0. The van der Waals surface area contributed by atoms with Gasteiger partial charge >= 0.3 is 0 Å². The van der Waals surface area contributed by atoms with E-state index in [4.69, 9.17) is 0 Å². The number of aryl methyl sites for hydroxylation is 1. The fourth-order valence-electron chi connectivity index (χ4n) is 10.7. The van der Waals surface area contributed by atoms with Crippen molar-refractivity contribution in [3.05, 3.63) is 146 Å². The van der Waals surface area contributed by atoms with E-state index in [0.717, 1.165) is 0 Å². The Bertz CT molecular complexity index is 2500. The van der Waals surface area contributed by atoms with E-state index < -0.39 is 144 Å². The zero-order valence-electron chi connectivity index (χ0n) is 46.7. The molecule has 462 valence electrons. The minimum atomic E-state index is -7.22. The standard InChI is InChI=1S/C37H69N.C24BF20/c1-4-6-8-10-12-14-16-17-18-19-20-21-23-25-27-29-35-38(3)37-33-31-36(32-34-37)30-28-26-24-22-15-13-11-9-7-5-2;26-5-1(6(27)14(35)21(42)13(5)34)25(2-7(28)15(36)22(43)16(37)8(2)29,3-9(30)17(38)23(44)18(39)10(3)31)4-11(32)19(40)24(45)20(41)12(4)33/h31-34H,4-30,35H2,1-3H3;/q;-1/p+1. The lowest BCUT2D eigenvalue weighted by Crippen LogP contribution is -3.03. The van der Waals surface area contributed by atoms with Gasteiger partial charge in [-0.15, -0.1) is 21.9 Å². The largest absolute Gasteiger partial charge is 0.305 e. The summed E-state index contributed by atoms with van der Waals surface area (Å²) in [5, 5.41) is 0. The molecular formula is C61H70BF20N. The highest BCUT2D eigenvalue weighted by Crippen LogP contribution is 2.31. The summed E-state index contributed by atoms with van der Waals surface area (Å²) >= 11 is 0. The second-order valence-electron chi connectivity index (χ2n) is 21.3. The summed E-state index contributed by atoms with van der Waals surface area (Å²) in [6.07, 6.45) is 31.4. The Morgan fingerprint density at radius 2 is 0.446 bits per heavy atom. The van der Waals surface area contributed by atoms with E-state index >= 15 is 35.1 Å². The van der Waals surface area contributed by atoms with Gasteiger partial charge in [0.05, 0.1) is 13.6 Å². The first-order chi connectivity index (χ1) is 39.5. The number of hydrogen-bond acceptors (Lipinski definition) is 0. The average Bonchev–Trinajstić information content (AvgIpc) is 1.67. The lowest BCUT2D eigenvalue weighted by atomic mass is 9.12. The number of rotatable bonds is 33. The predicted molar refractivity (Wildman–Crippen MR) is 282 cm³/mol. The Hall–Kier alpha value is -5.28. The molecule has 0 saturated carbocycles. The number of benzene rings is 5. The molecule has 0 aliphatic rings. The van der Waals surface area contributed by atoms with Gasteiger partial charge in [-0.05, 0) is 43.4 Å². The molecule has 0 aliphatic heterocycles. The van der Waals surface area contributed by atoms with Gasteiger partial charge in [0.1, 0.15) is 58.4 Å². The molecule has 0 heterocycles. The summed E-state index contributed by atoms with van der Waals surface area (Å²) in [5.41, 5.74) is -11.3. The summed E-state index contributed by atoms with van der Waals surface area (Å²) < 4.78 is 294. The molecule has 5 rings (SSSR count). The Morgan fingerprint density at radius 3 is 0.675 bits per heavy atom. The number of unbranched alkanes of at least 4 members (excludes halogenated alkanes) is 24. The van der Waals surface area contributed by atoms with Crippen LogP contribution in [0, 0.1) is 116 Å². The molecule has 0 bridgehead atoms. The van der Waals surface area contributed by atoms with E-state index in [9.17, 15) is 52.7 Å². The summed E-state index contributed by atoms with van der Waals surface area (Å²) in [7, 11) is 2.35. The molecule has 0 aromatic heterocycles. The van der Waals surface area contributed by atoms with Gasteiger partial charge in [-0.2, -0.15) is 0 Å². The first-order valence-corrected chi connectivity index (χ1v) is 28.6. The third-order valence-electron chi connectivity index (χ3n) is 15.4. The van der Waals surface area contributed by atoms with Gasteiger partial charge in [0.15, 0.2) is 69.8 Å². The van der Waals surface area contributed by atoms with Crippen molar-refractivity contribution in [2.45, 2.75) is 187 Å². The van der Waals surface area contributed by atoms with Crippen LogP contribution in [0.15, 0.2) is 24.3 Å². The third-order valence-corrected chi connectivity index (χ3v) is 15.4. The second kappa shape index (κ2) is 34.0. The van der Waals surface area contributed by atoms with Crippen LogP contribution in [0.4, 0.5) is 93.5 Å². The van der Waals surface area contributed by atoms with Crippen LogP contribution in [-0.4, -0.2) is 19.7 Å². The van der Waals surface area contributed by atoms with Crippen molar-refractivity contribution >= 4 is 33.7 Å². The monoisotopic (exact) mass is 1210 g/mol. The van der Waals surface area contributed by atoms with Gasteiger partial charge in [-0.1, -0.05) is 174 Å². The molecule has 1 atom stereocenters. The Kier molecular flexibility index (Phi) is 28.8. The van der Waals surface area contributed by atoms with Crippen LogP contribution in [-0.2, 0) is 6.42 Å². The zero-order chi connectivity index (χ0) is 61.7. The average molecular weight is 1210 g/mol. The SMILES string of the molecule is CCCCCCCCCCCCCCCCCC[NH+](C)c1ccc(CCCCCCCCCCCC)cc1.Fc1c(F)c(F)c([B-](c2c(F)c(F)c(F)c(F)c2F)(c2c(F)c(F)c(F)c(F)c2F)c2c(F)c(F)c(F)c(F)c2F)c(F)c1F. The zero-order valence-corrected chi connectivity index (χ0v) is 46.7. The van der Waals surface area contributed by atoms with Gasteiger partial charge in [0.25, 0.3) is 0 Å². The highest BCUT2D eigenvalue weighted by Gasteiger charge is 2.52. The van der Waals surface area contributed by atoms with Crippen LogP contribution in [0.1, 0.15) is 186 Å². The minimum Gasteiger partial charge on any atom is -0.305 e. The predicted octanol–water partition coefficient (Wildman–Crippen LogP) is 17.4. The van der Waals surface area contributed by atoms with E-state index in [0.29, 0.717) is 0 Å². The van der Waals surface area contributed by atoms with Crippen molar-refractivity contribution in [1.29, 1.82) is 0 Å². The molecule has 83 heavy (non-hydrogen) atoms. The fourth-order valence-corrected chi connectivity index (χ4v) is 10.7. The Balaban J connectivity index is 0.000000363. The molecule has 22 heteroatoms. The van der Waals surface area contributed by atoms with Crippen molar-refractivity contribution < 1.29 is 92.7 Å². The lowest BCUT2D eigenvalue weighted by Gasteiger charge is -2.44. The maximum Gasteiger partial charge on any atom is 0.200 e.